The average Bonchev–Trinajstić information content (AvgIpc) is 2.75. The van der Waals surface area contributed by atoms with Gasteiger partial charge in [0.05, 0.1) is 5.69 Å². The molecular formula is C14H12N4O. The number of rotatable bonds is 2. The number of amides is 1. The molecule has 0 aliphatic carbocycles. The van der Waals surface area contributed by atoms with Crippen molar-refractivity contribution in [3.63, 3.8) is 0 Å². The van der Waals surface area contributed by atoms with E-state index >= 15 is 0 Å². The number of aryl methyl sites for hydroxylation is 1. The van der Waals surface area contributed by atoms with E-state index in [1.54, 1.807) is 28.9 Å². The summed E-state index contributed by atoms with van der Waals surface area (Å²) in [6.07, 6.45) is 5.10. The Kier molecular flexibility index (Phi) is 2.72. The number of hydrogen-bond donors (Lipinski definition) is 1. The Morgan fingerprint density at radius 3 is 2.79 bits per heavy atom. The third-order valence-corrected chi connectivity index (χ3v) is 2.86. The highest BCUT2D eigenvalue weighted by atomic mass is 16.2. The largest absolute Gasteiger partial charge is 0.321 e. The first kappa shape index (κ1) is 11.4. The van der Waals surface area contributed by atoms with E-state index in [2.05, 4.69) is 15.3 Å². The molecule has 1 amide bonds. The van der Waals surface area contributed by atoms with Crippen molar-refractivity contribution in [2.75, 3.05) is 5.32 Å². The van der Waals surface area contributed by atoms with E-state index in [1.807, 2.05) is 31.3 Å². The average molecular weight is 252 g/mol. The van der Waals surface area contributed by atoms with E-state index in [0.29, 0.717) is 17.1 Å². The monoisotopic (exact) mass is 252 g/mol. The molecule has 0 saturated carbocycles. The fraction of sp³-hybridized carbons (Fsp3) is 0.0714. The molecule has 3 aromatic heterocycles. The fourth-order valence-electron chi connectivity index (χ4n) is 2.01. The summed E-state index contributed by atoms with van der Waals surface area (Å²) in [7, 11) is 0. The SMILES string of the molecule is Cc1nc2ccccn2c1C(=O)Nc1ccncc1. The Hall–Kier alpha value is -2.69. The van der Waals surface area contributed by atoms with Crippen LogP contribution >= 0.6 is 0 Å². The number of aromatic nitrogens is 3. The van der Waals surface area contributed by atoms with E-state index in [1.165, 1.54) is 0 Å². The molecule has 1 N–H and O–H groups in total. The molecule has 0 aromatic carbocycles. The minimum atomic E-state index is -0.178. The zero-order valence-electron chi connectivity index (χ0n) is 10.4. The van der Waals surface area contributed by atoms with E-state index in [0.717, 1.165) is 5.65 Å². The molecule has 0 bridgehead atoms. The van der Waals surface area contributed by atoms with Crippen LogP contribution in [0.1, 0.15) is 16.2 Å². The van der Waals surface area contributed by atoms with Crippen LogP contribution in [0.15, 0.2) is 48.9 Å². The van der Waals surface area contributed by atoms with Crippen LogP contribution in [0.4, 0.5) is 5.69 Å². The Bertz CT molecular complexity index is 734. The minimum absolute atomic E-state index is 0.178. The quantitative estimate of drug-likeness (QED) is 0.761. The van der Waals surface area contributed by atoms with Gasteiger partial charge in [0.25, 0.3) is 5.91 Å². The van der Waals surface area contributed by atoms with Crippen molar-refractivity contribution in [1.29, 1.82) is 0 Å². The number of nitrogens with one attached hydrogen (secondary N) is 1. The van der Waals surface area contributed by atoms with Gasteiger partial charge in [0.2, 0.25) is 0 Å². The summed E-state index contributed by atoms with van der Waals surface area (Å²) in [5, 5.41) is 2.84. The molecule has 94 valence electrons. The summed E-state index contributed by atoms with van der Waals surface area (Å²) in [6, 6.07) is 9.13. The molecule has 0 atom stereocenters. The lowest BCUT2D eigenvalue weighted by Gasteiger charge is -2.05. The molecule has 5 heteroatoms. The van der Waals surface area contributed by atoms with Gasteiger partial charge >= 0.3 is 0 Å². The van der Waals surface area contributed by atoms with Gasteiger partial charge in [0.1, 0.15) is 11.3 Å². The van der Waals surface area contributed by atoms with Crippen LogP contribution in [-0.4, -0.2) is 20.3 Å². The van der Waals surface area contributed by atoms with Crippen molar-refractivity contribution in [3.8, 4) is 0 Å². The Balaban J connectivity index is 2.00. The Morgan fingerprint density at radius 2 is 2.00 bits per heavy atom. The van der Waals surface area contributed by atoms with Crippen LogP contribution in [0.5, 0.6) is 0 Å². The van der Waals surface area contributed by atoms with Crippen molar-refractivity contribution in [1.82, 2.24) is 14.4 Å². The number of anilines is 1. The van der Waals surface area contributed by atoms with Gasteiger partial charge in [0.15, 0.2) is 0 Å². The number of pyridine rings is 2. The number of nitrogens with zero attached hydrogens (tertiary/aromatic N) is 3. The Labute approximate surface area is 109 Å². The summed E-state index contributed by atoms with van der Waals surface area (Å²) in [6.45, 7) is 1.83. The highest BCUT2D eigenvalue weighted by Gasteiger charge is 2.16. The summed E-state index contributed by atoms with van der Waals surface area (Å²) >= 11 is 0. The molecular weight excluding hydrogens is 240 g/mol. The van der Waals surface area contributed by atoms with Gasteiger partial charge in [-0.15, -0.1) is 0 Å². The van der Waals surface area contributed by atoms with Crippen LogP contribution < -0.4 is 5.32 Å². The van der Waals surface area contributed by atoms with Crippen molar-refractivity contribution >= 4 is 17.2 Å². The summed E-state index contributed by atoms with van der Waals surface area (Å²) in [4.78, 5) is 20.6. The van der Waals surface area contributed by atoms with Gasteiger partial charge in [-0.25, -0.2) is 4.98 Å². The van der Waals surface area contributed by atoms with Crippen LogP contribution in [0.25, 0.3) is 5.65 Å². The third kappa shape index (κ3) is 2.06. The van der Waals surface area contributed by atoms with Crippen molar-refractivity contribution < 1.29 is 4.79 Å². The molecule has 0 aliphatic rings. The summed E-state index contributed by atoms with van der Waals surface area (Å²) < 4.78 is 1.78. The van der Waals surface area contributed by atoms with Gasteiger partial charge in [-0.3, -0.25) is 14.2 Å². The van der Waals surface area contributed by atoms with Crippen LogP contribution in [0, 0.1) is 6.92 Å². The smallest absolute Gasteiger partial charge is 0.274 e. The standard InChI is InChI=1S/C14H12N4O/c1-10-13(18-9-3-2-4-12(18)16-10)14(19)17-11-5-7-15-8-6-11/h2-9H,1H3,(H,15,17,19). The lowest BCUT2D eigenvalue weighted by molar-refractivity contribution is 0.102. The molecule has 0 spiro atoms. The maximum Gasteiger partial charge on any atom is 0.274 e. The normalized spacial score (nSPS) is 10.6. The van der Waals surface area contributed by atoms with E-state index in [-0.39, 0.29) is 5.91 Å². The summed E-state index contributed by atoms with van der Waals surface area (Å²) in [5.74, 6) is -0.178. The lowest BCUT2D eigenvalue weighted by atomic mass is 10.3. The number of hydrogen-bond acceptors (Lipinski definition) is 3. The van der Waals surface area contributed by atoms with Gasteiger partial charge in [-0.2, -0.15) is 0 Å². The second-order valence-corrected chi connectivity index (χ2v) is 4.16. The molecule has 19 heavy (non-hydrogen) atoms. The van der Waals surface area contributed by atoms with Gasteiger partial charge in [0, 0.05) is 24.3 Å². The minimum Gasteiger partial charge on any atom is -0.321 e. The molecule has 0 fully saturated rings. The second kappa shape index (κ2) is 4.53. The molecule has 5 nitrogen and oxygen atoms in total. The second-order valence-electron chi connectivity index (χ2n) is 4.16. The third-order valence-electron chi connectivity index (χ3n) is 2.86. The van der Waals surface area contributed by atoms with Crippen molar-refractivity contribution in [2.45, 2.75) is 6.92 Å². The first-order valence-electron chi connectivity index (χ1n) is 5.91. The topological polar surface area (TPSA) is 59.3 Å². The van der Waals surface area contributed by atoms with Crippen molar-refractivity contribution in [3.05, 3.63) is 60.3 Å². The number of carbonyl (C=O) groups is 1. The first-order chi connectivity index (χ1) is 9.25. The van der Waals surface area contributed by atoms with Crippen LogP contribution in [0.3, 0.4) is 0 Å². The maximum atomic E-state index is 12.3. The number of imidazole rings is 1. The molecule has 0 saturated heterocycles. The van der Waals surface area contributed by atoms with Gasteiger partial charge in [-0.05, 0) is 31.2 Å². The molecule has 3 aromatic rings. The molecule has 0 radical (unpaired) electrons. The first-order valence-corrected chi connectivity index (χ1v) is 5.91. The zero-order chi connectivity index (χ0) is 13.2. The highest BCUT2D eigenvalue weighted by molar-refractivity contribution is 6.04. The van der Waals surface area contributed by atoms with Gasteiger partial charge < -0.3 is 5.32 Å². The van der Waals surface area contributed by atoms with Gasteiger partial charge in [-0.1, -0.05) is 6.07 Å². The maximum absolute atomic E-state index is 12.3. The van der Waals surface area contributed by atoms with E-state index < -0.39 is 0 Å². The summed E-state index contributed by atoms with van der Waals surface area (Å²) in [5.41, 5.74) is 2.73. The predicted molar refractivity (Wildman–Crippen MR) is 72.1 cm³/mol. The molecule has 3 rings (SSSR count). The highest BCUT2D eigenvalue weighted by Crippen LogP contribution is 2.14. The Morgan fingerprint density at radius 1 is 1.21 bits per heavy atom. The lowest BCUT2D eigenvalue weighted by Crippen LogP contribution is -2.15. The zero-order valence-corrected chi connectivity index (χ0v) is 10.4. The predicted octanol–water partition coefficient (Wildman–Crippen LogP) is 2.29. The van der Waals surface area contributed by atoms with Crippen LogP contribution in [0.2, 0.25) is 0 Å². The number of carbonyl (C=O) groups excluding carboxylic acids is 1. The van der Waals surface area contributed by atoms with Crippen molar-refractivity contribution in [2.24, 2.45) is 0 Å². The van der Waals surface area contributed by atoms with Crippen LogP contribution in [-0.2, 0) is 0 Å². The molecule has 0 aliphatic heterocycles. The molecule has 0 unspecified atom stereocenters. The fourth-order valence-corrected chi connectivity index (χ4v) is 2.01. The van der Waals surface area contributed by atoms with E-state index in [9.17, 15) is 4.79 Å². The van der Waals surface area contributed by atoms with E-state index in [4.69, 9.17) is 0 Å². The molecule has 3 heterocycles. The number of fused-ring (bicyclic) bond motifs is 1.